The van der Waals surface area contributed by atoms with Gasteiger partial charge in [0.15, 0.2) is 0 Å². The second kappa shape index (κ2) is 7.85. The fourth-order valence-electron chi connectivity index (χ4n) is 2.92. The van der Waals surface area contributed by atoms with E-state index < -0.39 is 11.5 Å². The van der Waals surface area contributed by atoms with Gasteiger partial charge in [0.25, 0.3) is 0 Å². The van der Waals surface area contributed by atoms with Crippen molar-refractivity contribution in [2.75, 3.05) is 26.2 Å². The lowest BCUT2D eigenvalue weighted by Gasteiger charge is -2.30. The summed E-state index contributed by atoms with van der Waals surface area (Å²) in [6.07, 6.45) is 4.59. The minimum Gasteiger partial charge on any atom is -0.480 e. The minimum atomic E-state index is -0.721. The van der Waals surface area contributed by atoms with Crippen LogP contribution < -0.4 is 5.32 Å². The zero-order valence-corrected chi connectivity index (χ0v) is 12.7. The van der Waals surface area contributed by atoms with Crippen LogP contribution in [0.25, 0.3) is 0 Å². The molecular formula is C15H30N2O2. The number of likely N-dealkylation sites (tertiary alicyclic amines) is 1. The molecule has 0 spiro atoms. The summed E-state index contributed by atoms with van der Waals surface area (Å²) in [7, 11) is 0. The summed E-state index contributed by atoms with van der Waals surface area (Å²) in [4.78, 5) is 14.0. The van der Waals surface area contributed by atoms with Gasteiger partial charge >= 0.3 is 5.97 Å². The smallest absolute Gasteiger partial charge is 0.323 e. The third kappa shape index (κ3) is 4.77. The van der Waals surface area contributed by atoms with Crippen LogP contribution in [0.1, 0.15) is 52.9 Å². The van der Waals surface area contributed by atoms with Gasteiger partial charge in [0.05, 0.1) is 0 Å². The minimum absolute atomic E-state index is 0.652. The van der Waals surface area contributed by atoms with Gasteiger partial charge in [-0.25, -0.2) is 0 Å². The number of carboxylic acids is 1. The largest absolute Gasteiger partial charge is 0.480 e. The van der Waals surface area contributed by atoms with Gasteiger partial charge in [-0.3, -0.25) is 4.79 Å². The van der Waals surface area contributed by atoms with Crippen LogP contribution in [0.2, 0.25) is 0 Å². The van der Waals surface area contributed by atoms with Crippen LogP contribution in [-0.2, 0) is 4.79 Å². The first-order valence-electron chi connectivity index (χ1n) is 7.75. The molecule has 1 aliphatic heterocycles. The maximum atomic E-state index is 11.6. The van der Waals surface area contributed by atoms with Crippen LogP contribution >= 0.6 is 0 Å². The second-order valence-corrected chi connectivity index (χ2v) is 5.97. The topological polar surface area (TPSA) is 52.6 Å². The highest BCUT2D eigenvalue weighted by molar-refractivity contribution is 5.78. The lowest BCUT2D eigenvalue weighted by atomic mass is 9.90. The first-order chi connectivity index (χ1) is 9.04. The molecule has 4 nitrogen and oxygen atoms in total. The molecule has 2 atom stereocenters. The molecule has 0 aromatic carbocycles. The molecule has 1 fully saturated rings. The van der Waals surface area contributed by atoms with Crippen LogP contribution in [0.3, 0.4) is 0 Å². The quantitative estimate of drug-likeness (QED) is 0.675. The Labute approximate surface area is 117 Å². The van der Waals surface area contributed by atoms with Gasteiger partial charge in [-0.15, -0.1) is 0 Å². The number of carbonyl (C=O) groups is 1. The number of carboxylic acid groups (broad SMARTS) is 1. The van der Waals surface area contributed by atoms with Crippen LogP contribution in [0.4, 0.5) is 0 Å². The molecule has 112 valence electrons. The van der Waals surface area contributed by atoms with E-state index in [2.05, 4.69) is 24.1 Å². The molecular weight excluding hydrogens is 240 g/mol. The number of aliphatic carboxylic acids is 1. The standard InChI is InChI=1S/C15H30N2O2/c1-4-9-16-15(5-2,14(18)19)8-6-10-17-11-7-13(3)12-17/h13,16H,4-12H2,1-3H3,(H,18,19). The average molecular weight is 270 g/mol. The molecule has 2 unspecified atom stereocenters. The number of nitrogens with one attached hydrogen (secondary N) is 1. The molecule has 0 aromatic rings. The van der Waals surface area contributed by atoms with Gasteiger partial charge < -0.3 is 15.3 Å². The van der Waals surface area contributed by atoms with Crippen molar-refractivity contribution in [3.05, 3.63) is 0 Å². The molecule has 0 aliphatic carbocycles. The van der Waals surface area contributed by atoms with E-state index in [0.29, 0.717) is 6.42 Å². The Bertz CT molecular complexity index is 283. The van der Waals surface area contributed by atoms with E-state index in [1.165, 1.54) is 19.5 Å². The molecule has 1 saturated heterocycles. The Morgan fingerprint density at radius 1 is 1.47 bits per heavy atom. The Balaban J connectivity index is 2.41. The van der Waals surface area contributed by atoms with Crippen molar-refractivity contribution in [1.29, 1.82) is 0 Å². The van der Waals surface area contributed by atoms with Crippen molar-refractivity contribution in [1.82, 2.24) is 10.2 Å². The van der Waals surface area contributed by atoms with E-state index in [0.717, 1.165) is 38.3 Å². The van der Waals surface area contributed by atoms with Crippen molar-refractivity contribution in [3.8, 4) is 0 Å². The van der Waals surface area contributed by atoms with E-state index in [9.17, 15) is 9.90 Å². The molecule has 0 radical (unpaired) electrons. The predicted octanol–water partition coefficient (Wildman–Crippen LogP) is 2.34. The van der Waals surface area contributed by atoms with Crippen molar-refractivity contribution >= 4 is 5.97 Å². The maximum absolute atomic E-state index is 11.6. The highest BCUT2D eigenvalue weighted by Crippen LogP contribution is 2.21. The van der Waals surface area contributed by atoms with Gasteiger partial charge in [0, 0.05) is 6.54 Å². The molecule has 2 N–H and O–H groups in total. The summed E-state index contributed by atoms with van der Waals surface area (Å²) in [5, 5.41) is 12.8. The number of hydrogen-bond acceptors (Lipinski definition) is 3. The van der Waals surface area contributed by atoms with E-state index >= 15 is 0 Å². The summed E-state index contributed by atoms with van der Waals surface area (Å²) in [5.74, 6) is 0.104. The number of nitrogens with zero attached hydrogens (tertiary/aromatic N) is 1. The SMILES string of the molecule is CCCNC(CC)(CCCN1CCC(C)C1)C(=O)O. The molecule has 1 heterocycles. The van der Waals surface area contributed by atoms with E-state index in [-0.39, 0.29) is 0 Å². The third-order valence-corrected chi connectivity index (χ3v) is 4.31. The zero-order valence-electron chi connectivity index (χ0n) is 12.7. The molecule has 0 bridgehead atoms. The average Bonchev–Trinajstić information content (AvgIpc) is 2.79. The normalized spacial score (nSPS) is 23.4. The fourth-order valence-corrected chi connectivity index (χ4v) is 2.92. The van der Waals surface area contributed by atoms with Gasteiger partial charge in [-0.1, -0.05) is 20.8 Å². The Hall–Kier alpha value is -0.610. The molecule has 0 amide bonds. The fraction of sp³-hybridized carbons (Fsp3) is 0.933. The van der Waals surface area contributed by atoms with Crippen LogP contribution in [0, 0.1) is 5.92 Å². The van der Waals surface area contributed by atoms with E-state index in [4.69, 9.17) is 0 Å². The summed E-state index contributed by atoms with van der Waals surface area (Å²) in [5.41, 5.74) is -0.721. The Morgan fingerprint density at radius 3 is 2.68 bits per heavy atom. The van der Waals surface area contributed by atoms with Crippen molar-refractivity contribution < 1.29 is 9.90 Å². The van der Waals surface area contributed by atoms with Crippen LogP contribution in [-0.4, -0.2) is 47.7 Å². The van der Waals surface area contributed by atoms with Gasteiger partial charge in [-0.2, -0.15) is 0 Å². The summed E-state index contributed by atoms with van der Waals surface area (Å²) in [6.45, 7) is 10.5. The van der Waals surface area contributed by atoms with Gasteiger partial charge in [0.1, 0.15) is 5.54 Å². The third-order valence-electron chi connectivity index (χ3n) is 4.31. The first kappa shape index (κ1) is 16.4. The predicted molar refractivity (Wildman–Crippen MR) is 78.4 cm³/mol. The number of rotatable bonds is 9. The summed E-state index contributed by atoms with van der Waals surface area (Å²) in [6, 6.07) is 0. The molecule has 1 rings (SSSR count). The Morgan fingerprint density at radius 2 is 2.21 bits per heavy atom. The lowest BCUT2D eigenvalue weighted by molar-refractivity contribution is -0.145. The van der Waals surface area contributed by atoms with Gasteiger partial charge in [-0.05, 0) is 57.7 Å². The van der Waals surface area contributed by atoms with Crippen LogP contribution in [0.15, 0.2) is 0 Å². The summed E-state index contributed by atoms with van der Waals surface area (Å²) >= 11 is 0. The van der Waals surface area contributed by atoms with E-state index in [1.807, 2.05) is 6.92 Å². The van der Waals surface area contributed by atoms with Crippen molar-refractivity contribution in [2.24, 2.45) is 5.92 Å². The van der Waals surface area contributed by atoms with E-state index in [1.54, 1.807) is 0 Å². The molecule has 0 saturated carbocycles. The Kier molecular flexibility index (Phi) is 6.80. The monoisotopic (exact) mass is 270 g/mol. The summed E-state index contributed by atoms with van der Waals surface area (Å²) < 4.78 is 0. The molecule has 19 heavy (non-hydrogen) atoms. The van der Waals surface area contributed by atoms with Crippen LogP contribution in [0.5, 0.6) is 0 Å². The van der Waals surface area contributed by atoms with Crippen molar-refractivity contribution in [2.45, 2.75) is 58.4 Å². The highest BCUT2D eigenvalue weighted by Gasteiger charge is 2.35. The first-order valence-corrected chi connectivity index (χ1v) is 7.75. The van der Waals surface area contributed by atoms with Crippen molar-refractivity contribution in [3.63, 3.8) is 0 Å². The van der Waals surface area contributed by atoms with Gasteiger partial charge in [0.2, 0.25) is 0 Å². The molecule has 0 aromatic heterocycles. The molecule has 1 aliphatic rings. The lowest BCUT2D eigenvalue weighted by Crippen LogP contribution is -2.52. The maximum Gasteiger partial charge on any atom is 0.323 e. The number of hydrogen-bond donors (Lipinski definition) is 2. The second-order valence-electron chi connectivity index (χ2n) is 5.97. The molecule has 4 heteroatoms. The zero-order chi connectivity index (χ0) is 14.3. The highest BCUT2D eigenvalue weighted by atomic mass is 16.4.